The van der Waals surface area contributed by atoms with Crippen LogP contribution in [-0.4, -0.2) is 29.4 Å². The minimum Gasteiger partial charge on any atom is -0.449 e. The fourth-order valence-corrected chi connectivity index (χ4v) is 3.60. The molecule has 2 N–H and O–H groups in total. The largest absolute Gasteiger partial charge is 0.449 e. The van der Waals surface area contributed by atoms with Crippen LogP contribution in [0.4, 0.5) is 4.79 Å². The van der Waals surface area contributed by atoms with Crippen molar-refractivity contribution in [3.05, 3.63) is 89.7 Å². The first-order valence-electron chi connectivity index (χ1n) is 8.90. The number of alkyl carbamates (subject to hydrolysis) is 1. The van der Waals surface area contributed by atoms with Crippen molar-refractivity contribution in [2.24, 2.45) is 0 Å². The zero-order chi connectivity index (χ0) is 18.6. The van der Waals surface area contributed by atoms with E-state index < -0.39 is 12.1 Å². The van der Waals surface area contributed by atoms with E-state index >= 15 is 0 Å². The summed E-state index contributed by atoms with van der Waals surface area (Å²) in [5.41, 5.74) is 5.43. The van der Waals surface area contributed by atoms with Crippen molar-refractivity contribution in [3.8, 4) is 11.1 Å². The first-order valence-corrected chi connectivity index (χ1v) is 8.90. The van der Waals surface area contributed by atoms with E-state index in [4.69, 9.17) is 4.74 Å². The number of amides is 1. The molecule has 5 nitrogen and oxygen atoms in total. The highest BCUT2D eigenvalue weighted by Gasteiger charge is 2.29. The summed E-state index contributed by atoms with van der Waals surface area (Å²) >= 11 is 0. The van der Waals surface area contributed by atoms with E-state index in [2.05, 4.69) is 34.6 Å². The molecule has 27 heavy (non-hydrogen) atoms. The number of ether oxygens (including phenoxy) is 1. The second kappa shape index (κ2) is 7.60. The number of nitrogens with one attached hydrogen (secondary N) is 1. The van der Waals surface area contributed by atoms with Crippen LogP contribution in [0.15, 0.2) is 73.1 Å². The van der Waals surface area contributed by atoms with Crippen molar-refractivity contribution in [1.29, 1.82) is 0 Å². The molecule has 1 atom stereocenters. The van der Waals surface area contributed by atoms with Gasteiger partial charge in [-0.25, -0.2) is 4.79 Å². The molecule has 0 aliphatic heterocycles. The van der Waals surface area contributed by atoms with E-state index in [1.165, 1.54) is 11.1 Å². The Hall–Kier alpha value is -3.18. The molecule has 0 saturated heterocycles. The highest BCUT2D eigenvalue weighted by molar-refractivity contribution is 5.79. The molecular formula is C22H20N2O3. The van der Waals surface area contributed by atoms with Gasteiger partial charge in [-0.3, -0.25) is 4.98 Å². The highest BCUT2D eigenvalue weighted by atomic mass is 16.5. The molecule has 1 aliphatic rings. The van der Waals surface area contributed by atoms with Gasteiger partial charge in [-0.1, -0.05) is 54.6 Å². The van der Waals surface area contributed by atoms with Gasteiger partial charge in [0, 0.05) is 18.3 Å². The lowest BCUT2D eigenvalue weighted by molar-refractivity contribution is 0.132. The minimum atomic E-state index is -0.556. The second-order valence-electron chi connectivity index (χ2n) is 6.49. The SMILES string of the molecule is O=C(NC(CO)c1cccnc1)OCC1c2ccccc2-c2ccccc21. The number of pyridine rings is 1. The van der Waals surface area contributed by atoms with Crippen molar-refractivity contribution < 1.29 is 14.6 Å². The number of aliphatic hydroxyl groups is 1. The zero-order valence-corrected chi connectivity index (χ0v) is 14.7. The molecule has 1 aliphatic carbocycles. The van der Waals surface area contributed by atoms with Gasteiger partial charge in [0.1, 0.15) is 6.61 Å². The summed E-state index contributed by atoms with van der Waals surface area (Å²) in [7, 11) is 0. The minimum absolute atomic E-state index is 0.00844. The summed E-state index contributed by atoms with van der Waals surface area (Å²) in [5.74, 6) is 0.00844. The molecule has 1 unspecified atom stereocenters. The number of hydrogen-bond acceptors (Lipinski definition) is 4. The average molecular weight is 360 g/mol. The third-order valence-corrected chi connectivity index (χ3v) is 4.91. The number of aliphatic hydroxyl groups excluding tert-OH is 1. The van der Waals surface area contributed by atoms with E-state index in [0.717, 1.165) is 16.7 Å². The standard InChI is InChI=1S/C22H20N2O3/c25-13-21(15-6-5-11-23-12-15)24-22(26)27-14-20-18-9-3-1-7-16(18)17-8-2-4-10-19(17)20/h1-12,20-21,25H,13-14H2,(H,24,26). The molecule has 1 aromatic heterocycles. The Morgan fingerprint density at radius 3 is 2.30 bits per heavy atom. The molecular weight excluding hydrogens is 340 g/mol. The van der Waals surface area contributed by atoms with Crippen molar-refractivity contribution >= 4 is 6.09 Å². The number of rotatable bonds is 5. The third-order valence-electron chi connectivity index (χ3n) is 4.91. The normalized spacial score (nSPS) is 13.5. The van der Waals surface area contributed by atoms with Crippen molar-refractivity contribution in [2.45, 2.75) is 12.0 Å². The number of carbonyl (C=O) groups is 1. The molecule has 0 spiro atoms. The van der Waals surface area contributed by atoms with E-state index in [-0.39, 0.29) is 19.1 Å². The molecule has 0 saturated carbocycles. The molecule has 1 heterocycles. The molecule has 1 amide bonds. The fourth-order valence-electron chi connectivity index (χ4n) is 3.60. The van der Waals surface area contributed by atoms with Crippen LogP contribution in [0, 0.1) is 0 Å². The number of hydrogen-bond donors (Lipinski definition) is 2. The van der Waals surface area contributed by atoms with Crippen LogP contribution >= 0.6 is 0 Å². The van der Waals surface area contributed by atoms with Crippen molar-refractivity contribution in [3.63, 3.8) is 0 Å². The maximum absolute atomic E-state index is 12.3. The van der Waals surface area contributed by atoms with Gasteiger partial charge < -0.3 is 15.2 Å². The van der Waals surface area contributed by atoms with E-state index in [1.54, 1.807) is 24.5 Å². The molecule has 0 fully saturated rings. The first-order chi connectivity index (χ1) is 13.3. The van der Waals surface area contributed by atoms with E-state index in [9.17, 15) is 9.90 Å². The summed E-state index contributed by atoms with van der Waals surface area (Å²) in [4.78, 5) is 16.3. The Labute approximate surface area is 157 Å². The molecule has 2 aromatic carbocycles. The van der Waals surface area contributed by atoms with Crippen LogP contribution in [0.3, 0.4) is 0 Å². The maximum atomic E-state index is 12.3. The highest BCUT2D eigenvalue weighted by Crippen LogP contribution is 2.44. The van der Waals surface area contributed by atoms with Gasteiger partial charge in [-0.2, -0.15) is 0 Å². The van der Waals surface area contributed by atoms with Gasteiger partial charge >= 0.3 is 6.09 Å². The lowest BCUT2D eigenvalue weighted by Crippen LogP contribution is -2.32. The monoisotopic (exact) mass is 360 g/mol. The predicted molar refractivity (Wildman–Crippen MR) is 102 cm³/mol. The average Bonchev–Trinajstić information content (AvgIpc) is 3.05. The van der Waals surface area contributed by atoms with Crippen molar-refractivity contribution in [2.75, 3.05) is 13.2 Å². The lowest BCUT2D eigenvalue weighted by Gasteiger charge is -2.18. The van der Waals surface area contributed by atoms with Crippen LogP contribution in [0.1, 0.15) is 28.7 Å². The van der Waals surface area contributed by atoms with Gasteiger partial charge in [-0.05, 0) is 33.9 Å². The molecule has 136 valence electrons. The van der Waals surface area contributed by atoms with Gasteiger partial charge in [0.15, 0.2) is 0 Å². The summed E-state index contributed by atoms with van der Waals surface area (Å²) in [6.45, 7) is 0.0148. The van der Waals surface area contributed by atoms with E-state index in [1.807, 2.05) is 24.3 Å². The predicted octanol–water partition coefficient (Wildman–Crippen LogP) is 3.65. The Morgan fingerprint density at radius 1 is 1.04 bits per heavy atom. The zero-order valence-electron chi connectivity index (χ0n) is 14.7. The smallest absolute Gasteiger partial charge is 0.407 e. The van der Waals surface area contributed by atoms with Gasteiger partial charge in [-0.15, -0.1) is 0 Å². The maximum Gasteiger partial charge on any atom is 0.407 e. The molecule has 3 aromatic rings. The molecule has 5 heteroatoms. The van der Waals surface area contributed by atoms with Crippen molar-refractivity contribution in [1.82, 2.24) is 10.3 Å². The molecule has 0 radical (unpaired) electrons. The fraction of sp³-hybridized carbons (Fsp3) is 0.182. The number of benzene rings is 2. The van der Waals surface area contributed by atoms with Crippen LogP contribution in [-0.2, 0) is 4.74 Å². The second-order valence-corrected chi connectivity index (χ2v) is 6.49. The number of fused-ring (bicyclic) bond motifs is 3. The number of carbonyl (C=O) groups excluding carboxylic acids is 1. The summed E-state index contributed by atoms with van der Waals surface area (Å²) in [6, 6.07) is 19.4. The number of aromatic nitrogens is 1. The molecule has 4 rings (SSSR count). The Morgan fingerprint density at radius 2 is 1.70 bits per heavy atom. The van der Waals surface area contributed by atoms with E-state index in [0.29, 0.717) is 0 Å². The Kier molecular flexibility index (Phi) is 4.85. The summed E-state index contributed by atoms with van der Waals surface area (Å²) in [5, 5.41) is 12.3. The van der Waals surface area contributed by atoms with Crippen LogP contribution in [0.5, 0.6) is 0 Å². The third kappa shape index (κ3) is 3.41. The van der Waals surface area contributed by atoms with Crippen LogP contribution in [0.25, 0.3) is 11.1 Å². The Bertz CT molecular complexity index is 898. The van der Waals surface area contributed by atoms with Gasteiger partial charge in [0.25, 0.3) is 0 Å². The van der Waals surface area contributed by atoms with Crippen LogP contribution in [0.2, 0.25) is 0 Å². The molecule has 0 bridgehead atoms. The van der Waals surface area contributed by atoms with Gasteiger partial charge in [0.05, 0.1) is 12.6 Å². The summed E-state index contributed by atoms with van der Waals surface area (Å²) in [6.07, 6.45) is 2.70. The quantitative estimate of drug-likeness (QED) is 0.728. The lowest BCUT2D eigenvalue weighted by atomic mass is 9.98. The first kappa shape index (κ1) is 17.2. The topological polar surface area (TPSA) is 71.5 Å². The summed E-state index contributed by atoms with van der Waals surface area (Å²) < 4.78 is 5.51. The Balaban J connectivity index is 1.46. The number of nitrogens with zero attached hydrogens (tertiary/aromatic N) is 1. The van der Waals surface area contributed by atoms with Gasteiger partial charge in [0.2, 0.25) is 0 Å². The van der Waals surface area contributed by atoms with Crippen LogP contribution < -0.4 is 5.32 Å².